The SMILES string of the molecule is CNCCOCCOC(C)C(F)CNC(C)=O. The number of hydrogen-bond donors (Lipinski definition) is 2. The van der Waals surface area contributed by atoms with Crippen LogP contribution < -0.4 is 10.6 Å². The first-order valence-corrected chi connectivity index (χ1v) is 5.80. The lowest BCUT2D eigenvalue weighted by Gasteiger charge is -2.17. The minimum Gasteiger partial charge on any atom is -0.378 e. The Bertz CT molecular complexity index is 205. The minimum absolute atomic E-state index is 0.0168. The van der Waals surface area contributed by atoms with Gasteiger partial charge in [-0.15, -0.1) is 0 Å². The largest absolute Gasteiger partial charge is 0.378 e. The Hall–Kier alpha value is -0.720. The van der Waals surface area contributed by atoms with Gasteiger partial charge in [0.1, 0.15) is 6.17 Å². The molecule has 2 N–H and O–H groups in total. The van der Waals surface area contributed by atoms with Crippen molar-refractivity contribution in [2.75, 3.05) is 40.0 Å². The van der Waals surface area contributed by atoms with Crippen molar-refractivity contribution in [3.63, 3.8) is 0 Å². The van der Waals surface area contributed by atoms with Gasteiger partial charge in [0.2, 0.25) is 5.91 Å². The van der Waals surface area contributed by atoms with Crippen molar-refractivity contribution in [2.45, 2.75) is 26.1 Å². The van der Waals surface area contributed by atoms with Crippen molar-refractivity contribution in [3.05, 3.63) is 0 Å². The molecular weight excluding hydrogens is 227 g/mol. The fourth-order valence-corrected chi connectivity index (χ4v) is 1.08. The summed E-state index contributed by atoms with van der Waals surface area (Å²) in [5, 5.41) is 5.36. The summed E-state index contributed by atoms with van der Waals surface area (Å²) in [6.07, 6.45) is -1.74. The summed E-state index contributed by atoms with van der Waals surface area (Å²) in [4.78, 5) is 10.6. The third-order valence-electron chi connectivity index (χ3n) is 2.16. The van der Waals surface area contributed by atoms with Crippen molar-refractivity contribution in [3.8, 4) is 0 Å². The van der Waals surface area contributed by atoms with Crippen LogP contribution >= 0.6 is 0 Å². The van der Waals surface area contributed by atoms with Crippen LogP contribution in [0.15, 0.2) is 0 Å². The Morgan fingerprint density at radius 2 is 2.06 bits per heavy atom. The number of rotatable bonds is 10. The smallest absolute Gasteiger partial charge is 0.216 e. The Morgan fingerprint density at radius 3 is 2.65 bits per heavy atom. The van der Waals surface area contributed by atoms with Gasteiger partial charge in [-0.25, -0.2) is 4.39 Å². The third kappa shape index (κ3) is 10.2. The standard InChI is InChI=1S/C11H23FN2O3/c1-9(11(12)8-14-10(2)15)17-7-6-16-5-4-13-3/h9,11,13H,4-8H2,1-3H3,(H,14,15). The maximum absolute atomic E-state index is 13.4. The second kappa shape index (κ2) is 10.4. The van der Waals surface area contributed by atoms with Crippen LogP contribution in [0.4, 0.5) is 4.39 Å². The number of nitrogens with one attached hydrogen (secondary N) is 2. The van der Waals surface area contributed by atoms with Gasteiger partial charge in [0.25, 0.3) is 0 Å². The number of carbonyl (C=O) groups excluding carboxylic acids is 1. The van der Waals surface area contributed by atoms with Crippen LogP contribution in [0.2, 0.25) is 0 Å². The van der Waals surface area contributed by atoms with Crippen LogP contribution in [0.25, 0.3) is 0 Å². The van der Waals surface area contributed by atoms with Crippen LogP contribution in [-0.2, 0) is 14.3 Å². The Balaban J connectivity index is 3.43. The molecule has 0 bridgehead atoms. The van der Waals surface area contributed by atoms with E-state index in [-0.39, 0.29) is 12.5 Å². The maximum atomic E-state index is 13.4. The highest BCUT2D eigenvalue weighted by Gasteiger charge is 2.16. The quantitative estimate of drug-likeness (QED) is 0.540. The number of carbonyl (C=O) groups is 1. The molecule has 2 atom stereocenters. The molecule has 0 rings (SSSR count). The van der Waals surface area contributed by atoms with Gasteiger partial charge in [-0.05, 0) is 14.0 Å². The summed E-state index contributed by atoms with van der Waals surface area (Å²) < 4.78 is 23.9. The highest BCUT2D eigenvalue weighted by Crippen LogP contribution is 2.02. The number of halogens is 1. The molecule has 0 aliphatic carbocycles. The van der Waals surface area contributed by atoms with Gasteiger partial charge in [-0.2, -0.15) is 0 Å². The van der Waals surface area contributed by atoms with E-state index in [9.17, 15) is 9.18 Å². The molecule has 0 spiro atoms. The first-order chi connectivity index (χ1) is 8.07. The van der Waals surface area contributed by atoms with Gasteiger partial charge in [-0.1, -0.05) is 0 Å². The lowest BCUT2D eigenvalue weighted by molar-refractivity contribution is -0.119. The Kier molecular flexibility index (Phi) is 9.99. The molecule has 0 aromatic heterocycles. The monoisotopic (exact) mass is 250 g/mol. The average Bonchev–Trinajstić information content (AvgIpc) is 2.30. The van der Waals surface area contributed by atoms with E-state index in [0.29, 0.717) is 19.8 Å². The molecule has 0 aliphatic heterocycles. The molecule has 0 aromatic rings. The summed E-state index contributed by atoms with van der Waals surface area (Å²) in [6.45, 7) is 5.16. The molecule has 0 aromatic carbocycles. The Morgan fingerprint density at radius 1 is 1.35 bits per heavy atom. The molecule has 17 heavy (non-hydrogen) atoms. The maximum Gasteiger partial charge on any atom is 0.216 e. The zero-order valence-electron chi connectivity index (χ0n) is 10.8. The van der Waals surface area contributed by atoms with E-state index in [1.54, 1.807) is 6.92 Å². The third-order valence-corrected chi connectivity index (χ3v) is 2.16. The van der Waals surface area contributed by atoms with Crippen LogP contribution in [-0.4, -0.2) is 58.1 Å². The van der Waals surface area contributed by atoms with Gasteiger partial charge in [0, 0.05) is 13.5 Å². The zero-order chi connectivity index (χ0) is 13.1. The van der Waals surface area contributed by atoms with Gasteiger partial charge in [-0.3, -0.25) is 4.79 Å². The lowest BCUT2D eigenvalue weighted by atomic mass is 10.2. The minimum atomic E-state index is -1.20. The summed E-state index contributed by atoms with van der Waals surface area (Å²) in [5.41, 5.74) is 0. The van der Waals surface area contributed by atoms with E-state index in [4.69, 9.17) is 9.47 Å². The van der Waals surface area contributed by atoms with Gasteiger partial charge >= 0.3 is 0 Å². The topological polar surface area (TPSA) is 59.6 Å². The number of alkyl halides is 1. The van der Waals surface area contributed by atoms with E-state index in [0.717, 1.165) is 6.54 Å². The van der Waals surface area contributed by atoms with Crippen LogP contribution in [0.1, 0.15) is 13.8 Å². The summed E-state index contributed by atoms with van der Waals surface area (Å²) in [7, 11) is 1.84. The van der Waals surface area contributed by atoms with Crippen LogP contribution in [0, 0.1) is 0 Å². The Labute approximate surface area is 102 Å². The van der Waals surface area contributed by atoms with Crippen LogP contribution in [0.5, 0.6) is 0 Å². The molecule has 102 valence electrons. The molecule has 0 aliphatic rings. The van der Waals surface area contributed by atoms with E-state index in [1.807, 2.05) is 7.05 Å². The predicted molar refractivity (Wildman–Crippen MR) is 63.7 cm³/mol. The number of likely N-dealkylation sites (N-methyl/N-ethyl adjacent to an activating group) is 1. The summed E-state index contributed by atoms with van der Waals surface area (Å²) in [6, 6.07) is 0. The van der Waals surface area contributed by atoms with Gasteiger partial charge < -0.3 is 20.1 Å². The number of amides is 1. The highest BCUT2D eigenvalue weighted by molar-refractivity contribution is 5.72. The van der Waals surface area contributed by atoms with Gasteiger partial charge in [0.05, 0.1) is 32.5 Å². The second-order valence-corrected chi connectivity index (χ2v) is 3.74. The normalized spacial score (nSPS) is 14.4. The molecular formula is C11H23FN2O3. The fraction of sp³-hybridized carbons (Fsp3) is 0.909. The number of ether oxygens (including phenoxy) is 2. The first-order valence-electron chi connectivity index (χ1n) is 5.80. The molecule has 0 saturated carbocycles. The van der Waals surface area contributed by atoms with E-state index in [2.05, 4.69) is 10.6 Å². The number of hydrogen-bond acceptors (Lipinski definition) is 4. The molecule has 2 unspecified atom stereocenters. The molecule has 0 fully saturated rings. The molecule has 0 saturated heterocycles. The van der Waals surface area contributed by atoms with E-state index >= 15 is 0 Å². The average molecular weight is 250 g/mol. The molecule has 1 amide bonds. The van der Waals surface area contributed by atoms with Crippen molar-refractivity contribution in [2.24, 2.45) is 0 Å². The van der Waals surface area contributed by atoms with Crippen molar-refractivity contribution >= 4 is 5.91 Å². The zero-order valence-corrected chi connectivity index (χ0v) is 10.8. The molecule has 6 heteroatoms. The highest BCUT2D eigenvalue weighted by atomic mass is 19.1. The lowest BCUT2D eigenvalue weighted by Crippen LogP contribution is -2.35. The van der Waals surface area contributed by atoms with Crippen LogP contribution in [0.3, 0.4) is 0 Å². The van der Waals surface area contributed by atoms with E-state index < -0.39 is 12.3 Å². The molecule has 5 nitrogen and oxygen atoms in total. The fourth-order valence-electron chi connectivity index (χ4n) is 1.08. The summed E-state index contributed by atoms with van der Waals surface area (Å²) in [5.74, 6) is -0.241. The second-order valence-electron chi connectivity index (χ2n) is 3.74. The van der Waals surface area contributed by atoms with E-state index in [1.165, 1.54) is 6.92 Å². The molecule has 0 heterocycles. The predicted octanol–water partition coefficient (Wildman–Crippen LogP) is 0.102. The summed E-state index contributed by atoms with van der Waals surface area (Å²) >= 11 is 0. The van der Waals surface area contributed by atoms with Gasteiger partial charge in [0.15, 0.2) is 0 Å². The van der Waals surface area contributed by atoms with Crippen molar-refractivity contribution in [1.82, 2.24) is 10.6 Å². The van der Waals surface area contributed by atoms with Crippen molar-refractivity contribution < 1.29 is 18.7 Å². The first kappa shape index (κ1) is 16.3. The van der Waals surface area contributed by atoms with Crippen molar-refractivity contribution in [1.29, 1.82) is 0 Å². The molecule has 0 radical (unpaired) electrons.